The molecular weight excluding hydrogens is 264 g/mol. The largest absolute Gasteiger partial charge is 0.358 e. The summed E-state index contributed by atoms with van der Waals surface area (Å²) < 4.78 is 0. The first-order chi connectivity index (χ1) is 8.63. The van der Waals surface area contributed by atoms with Gasteiger partial charge < -0.3 is 5.32 Å². The Bertz CT molecular complexity index is 518. The highest BCUT2D eigenvalue weighted by Gasteiger charge is 2.15. The summed E-state index contributed by atoms with van der Waals surface area (Å²) in [6.45, 7) is 8.46. The fraction of sp³-hybridized carbons (Fsp3) is 0.583. The summed E-state index contributed by atoms with van der Waals surface area (Å²) in [5, 5.41) is 14.8. The zero-order chi connectivity index (χ0) is 13.1. The van der Waals surface area contributed by atoms with Crippen LogP contribution < -0.4 is 5.32 Å². The molecule has 0 aliphatic carbocycles. The van der Waals surface area contributed by atoms with Gasteiger partial charge in [-0.05, 0) is 26.7 Å². The summed E-state index contributed by atoms with van der Waals surface area (Å²) in [5.41, 5.74) is 1.13. The first kappa shape index (κ1) is 13.4. The second-order valence-electron chi connectivity index (χ2n) is 4.23. The van der Waals surface area contributed by atoms with Gasteiger partial charge in [-0.15, -0.1) is 21.5 Å². The van der Waals surface area contributed by atoms with Crippen LogP contribution in [0.25, 0.3) is 9.88 Å². The van der Waals surface area contributed by atoms with Crippen molar-refractivity contribution in [3.63, 3.8) is 0 Å². The number of anilines is 1. The molecule has 2 aromatic rings. The molecule has 1 unspecified atom stereocenters. The average molecular weight is 282 g/mol. The third kappa shape index (κ3) is 2.87. The molecule has 2 rings (SSSR count). The summed E-state index contributed by atoms with van der Waals surface area (Å²) in [4.78, 5) is 5.70. The molecule has 1 atom stereocenters. The Morgan fingerprint density at radius 2 is 2.00 bits per heavy atom. The molecule has 0 spiro atoms. The Morgan fingerprint density at radius 3 is 2.67 bits per heavy atom. The topological polar surface area (TPSA) is 50.7 Å². The summed E-state index contributed by atoms with van der Waals surface area (Å²) in [7, 11) is 0. The molecule has 2 heterocycles. The molecule has 0 radical (unpaired) electrons. The van der Waals surface area contributed by atoms with Gasteiger partial charge >= 0.3 is 0 Å². The van der Waals surface area contributed by atoms with Gasteiger partial charge in [0.1, 0.15) is 0 Å². The first-order valence-electron chi connectivity index (χ1n) is 6.20. The first-order valence-corrected chi connectivity index (χ1v) is 7.84. The minimum atomic E-state index is 0.430. The van der Waals surface area contributed by atoms with E-state index in [0.717, 1.165) is 33.7 Å². The minimum absolute atomic E-state index is 0.430. The van der Waals surface area contributed by atoms with Crippen LogP contribution in [0.3, 0.4) is 0 Å². The van der Waals surface area contributed by atoms with Crippen LogP contribution in [0.5, 0.6) is 0 Å². The Morgan fingerprint density at radius 1 is 1.22 bits per heavy atom. The van der Waals surface area contributed by atoms with Crippen LogP contribution in [-0.4, -0.2) is 21.2 Å². The lowest BCUT2D eigenvalue weighted by atomic mass is 10.3. The maximum absolute atomic E-state index is 4.53. The van der Waals surface area contributed by atoms with Crippen LogP contribution in [0.15, 0.2) is 0 Å². The Hall–Kier alpha value is -1.01. The Balaban J connectivity index is 2.23. The Labute approximate surface area is 116 Å². The van der Waals surface area contributed by atoms with Crippen LogP contribution in [0, 0.1) is 6.92 Å². The average Bonchev–Trinajstić information content (AvgIpc) is 2.95. The lowest BCUT2D eigenvalue weighted by molar-refractivity contribution is 0.760. The van der Waals surface area contributed by atoms with E-state index in [1.54, 1.807) is 22.7 Å². The van der Waals surface area contributed by atoms with Crippen LogP contribution >= 0.6 is 22.7 Å². The van der Waals surface area contributed by atoms with Gasteiger partial charge in [0.05, 0.1) is 15.6 Å². The lowest BCUT2D eigenvalue weighted by Gasteiger charge is -2.07. The third-order valence-electron chi connectivity index (χ3n) is 2.74. The predicted octanol–water partition coefficient (Wildman–Crippen LogP) is 3.74. The molecule has 1 N–H and O–H groups in total. The van der Waals surface area contributed by atoms with E-state index in [9.17, 15) is 0 Å². The van der Waals surface area contributed by atoms with Crippen molar-refractivity contribution in [3.8, 4) is 9.88 Å². The molecule has 0 aliphatic rings. The van der Waals surface area contributed by atoms with E-state index in [4.69, 9.17) is 0 Å². The monoisotopic (exact) mass is 282 g/mol. The van der Waals surface area contributed by atoms with Crippen molar-refractivity contribution in [3.05, 3.63) is 10.7 Å². The lowest BCUT2D eigenvalue weighted by Crippen LogP contribution is -2.12. The molecule has 0 bridgehead atoms. The number of thiazole rings is 1. The molecule has 0 saturated carbocycles. The third-order valence-corrected chi connectivity index (χ3v) is 4.76. The number of hydrogen-bond donors (Lipinski definition) is 1. The van der Waals surface area contributed by atoms with E-state index in [1.807, 2.05) is 6.92 Å². The minimum Gasteiger partial charge on any atom is -0.358 e. The van der Waals surface area contributed by atoms with Crippen LogP contribution in [0.2, 0.25) is 0 Å². The number of nitrogens with one attached hydrogen (secondary N) is 1. The molecule has 6 heteroatoms. The molecular formula is C12H18N4S2. The van der Waals surface area contributed by atoms with Crippen molar-refractivity contribution in [1.29, 1.82) is 0 Å². The highest BCUT2D eigenvalue weighted by Crippen LogP contribution is 2.34. The van der Waals surface area contributed by atoms with E-state index < -0.39 is 0 Å². The molecule has 98 valence electrons. The number of hydrogen-bond acceptors (Lipinski definition) is 6. The normalized spacial score (nSPS) is 12.7. The van der Waals surface area contributed by atoms with E-state index >= 15 is 0 Å². The molecule has 18 heavy (non-hydrogen) atoms. The maximum atomic E-state index is 4.53. The molecule has 0 aromatic carbocycles. The molecule has 0 amide bonds. The smallest absolute Gasteiger partial charge is 0.206 e. The van der Waals surface area contributed by atoms with Gasteiger partial charge in [0.15, 0.2) is 5.01 Å². The Kier molecular flexibility index (Phi) is 4.29. The highest BCUT2D eigenvalue weighted by molar-refractivity contribution is 7.23. The van der Waals surface area contributed by atoms with Crippen molar-refractivity contribution in [2.24, 2.45) is 0 Å². The van der Waals surface area contributed by atoms with Crippen LogP contribution in [0.1, 0.15) is 37.9 Å². The van der Waals surface area contributed by atoms with Crippen molar-refractivity contribution in [2.45, 2.75) is 46.6 Å². The van der Waals surface area contributed by atoms with Crippen LogP contribution in [0.4, 0.5) is 5.13 Å². The number of rotatable bonds is 5. The summed E-state index contributed by atoms with van der Waals surface area (Å²) >= 11 is 3.31. The molecule has 2 aromatic heterocycles. The fourth-order valence-electron chi connectivity index (χ4n) is 1.56. The zero-order valence-corrected chi connectivity index (χ0v) is 12.8. The van der Waals surface area contributed by atoms with Crippen LogP contribution in [-0.2, 0) is 6.42 Å². The van der Waals surface area contributed by atoms with E-state index in [2.05, 4.69) is 41.3 Å². The quantitative estimate of drug-likeness (QED) is 0.907. The van der Waals surface area contributed by atoms with E-state index in [1.165, 1.54) is 4.88 Å². The summed E-state index contributed by atoms with van der Waals surface area (Å²) in [6, 6.07) is 0.430. The summed E-state index contributed by atoms with van der Waals surface area (Å²) in [6.07, 6.45) is 2.02. The second-order valence-corrected chi connectivity index (χ2v) is 6.41. The van der Waals surface area contributed by atoms with Gasteiger partial charge in [0.25, 0.3) is 0 Å². The van der Waals surface area contributed by atoms with Crippen molar-refractivity contribution in [2.75, 3.05) is 5.32 Å². The number of aryl methyl sites for hydroxylation is 2. The van der Waals surface area contributed by atoms with Crippen molar-refractivity contribution < 1.29 is 0 Å². The molecule has 0 fully saturated rings. The van der Waals surface area contributed by atoms with Crippen molar-refractivity contribution in [1.82, 2.24) is 15.2 Å². The van der Waals surface area contributed by atoms with E-state index in [-0.39, 0.29) is 0 Å². The predicted molar refractivity (Wildman–Crippen MR) is 78.5 cm³/mol. The second kappa shape index (κ2) is 5.75. The molecule has 4 nitrogen and oxygen atoms in total. The maximum Gasteiger partial charge on any atom is 0.206 e. The number of aromatic nitrogens is 3. The van der Waals surface area contributed by atoms with Gasteiger partial charge in [-0.1, -0.05) is 25.2 Å². The fourth-order valence-corrected chi connectivity index (χ4v) is 3.52. The SMILES string of the molecule is CCc1nc(C)sc1-c1nnc(NC(C)CC)s1. The van der Waals surface area contributed by atoms with Gasteiger partial charge in [-0.25, -0.2) is 4.98 Å². The van der Waals surface area contributed by atoms with Gasteiger partial charge in [-0.2, -0.15) is 0 Å². The van der Waals surface area contributed by atoms with Gasteiger partial charge in [0, 0.05) is 6.04 Å². The highest BCUT2D eigenvalue weighted by atomic mass is 32.1. The van der Waals surface area contributed by atoms with E-state index in [0.29, 0.717) is 6.04 Å². The summed E-state index contributed by atoms with van der Waals surface area (Å²) in [5.74, 6) is 0. The van der Waals surface area contributed by atoms with Gasteiger partial charge in [0.2, 0.25) is 5.13 Å². The standard InChI is InChI=1S/C12H18N4S2/c1-5-7(3)13-12-16-15-11(18-12)10-9(6-2)14-8(4)17-10/h7H,5-6H2,1-4H3,(H,13,16). The molecule has 0 saturated heterocycles. The molecule has 0 aliphatic heterocycles. The zero-order valence-electron chi connectivity index (χ0n) is 11.1. The van der Waals surface area contributed by atoms with Gasteiger partial charge in [-0.3, -0.25) is 0 Å². The number of nitrogens with zero attached hydrogens (tertiary/aromatic N) is 3. The van der Waals surface area contributed by atoms with Crippen molar-refractivity contribution >= 4 is 27.8 Å².